The van der Waals surface area contributed by atoms with Crippen LogP contribution < -0.4 is 5.73 Å². The van der Waals surface area contributed by atoms with Crippen LogP contribution in [0.25, 0.3) is 0 Å². The van der Waals surface area contributed by atoms with Gasteiger partial charge in [-0.2, -0.15) is 0 Å². The lowest BCUT2D eigenvalue weighted by molar-refractivity contribution is -0.385. The average molecular weight is 292 g/mol. The predicted molar refractivity (Wildman–Crippen MR) is 54.3 cm³/mol. The number of amides is 1. The molecule has 0 unspecified atom stereocenters. The minimum absolute atomic E-state index is 0.0226. The lowest BCUT2D eigenvalue weighted by Gasteiger charge is -1.97. The van der Waals surface area contributed by atoms with Gasteiger partial charge in [0.15, 0.2) is 0 Å². The van der Waals surface area contributed by atoms with Gasteiger partial charge in [-0.05, 0) is 34.7 Å². The Morgan fingerprint density at radius 3 is 2.54 bits per heavy atom. The Labute approximate surface area is 87.2 Å². The summed E-state index contributed by atoms with van der Waals surface area (Å²) in [6.45, 7) is 0. The minimum Gasteiger partial charge on any atom is -0.366 e. The molecule has 1 rings (SSSR count). The highest BCUT2D eigenvalue weighted by Gasteiger charge is 2.12. The van der Waals surface area contributed by atoms with Crippen LogP contribution >= 0.6 is 22.6 Å². The van der Waals surface area contributed by atoms with E-state index in [0.29, 0.717) is 3.57 Å². The van der Waals surface area contributed by atoms with E-state index in [1.807, 2.05) is 0 Å². The Kier molecular flexibility index (Phi) is 2.81. The number of benzene rings is 1. The van der Waals surface area contributed by atoms with Crippen LogP contribution in [-0.4, -0.2) is 10.8 Å². The van der Waals surface area contributed by atoms with Crippen molar-refractivity contribution in [1.82, 2.24) is 0 Å². The summed E-state index contributed by atoms with van der Waals surface area (Å²) in [7, 11) is 0. The highest BCUT2D eigenvalue weighted by Crippen LogP contribution is 2.21. The quantitative estimate of drug-likeness (QED) is 0.506. The van der Waals surface area contributed by atoms with Gasteiger partial charge in [0.25, 0.3) is 5.69 Å². The minimum atomic E-state index is -0.590. The van der Waals surface area contributed by atoms with Gasteiger partial charge in [-0.3, -0.25) is 14.9 Å². The van der Waals surface area contributed by atoms with Crippen molar-refractivity contribution in [2.75, 3.05) is 0 Å². The largest absolute Gasteiger partial charge is 0.366 e. The number of nitro groups is 1. The second-order valence-corrected chi connectivity index (χ2v) is 3.45. The van der Waals surface area contributed by atoms with Gasteiger partial charge >= 0.3 is 0 Å². The fraction of sp³-hybridized carbons (Fsp3) is 0. The molecule has 0 aromatic heterocycles. The number of rotatable bonds is 2. The SMILES string of the molecule is NC(=O)c1ccc([N+](=O)[O-])c(I)c1. The van der Waals surface area contributed by atoms with Gasteiger partial charge in [0.1, 0.15) is 0 Å². The molecular weight excluding hydrogens is 287 g/mol. The fourth-order valence-electron chi connectivity index (χ4n) is 0.808. The lowest BCUT2D eigenvalue weighted by Crippen LogP contribution is -2.11. The van der Waals surface area contributed by atoms with Crippen molar-refractivity contribution in [2.45, 2.75) is 0 Å². The molecule has 2 N–H and O–H groups in total. The molecule has 1 amide bonds. The molecule has 0 radical (unpaired) electrons. The number of hydrogen-bond donors (Lipinski definition) is 1. The number of primary amides is 1. The standard InChI is InChI=1S/C7H5IN2O3/c8-5-3-4(7(9)11)1-2-6(5)10(12)13/h1-3H,(H2,9,11). The van der Waals surface area contributed by atoms with Crippen LogP contribution in [0, 0.1) is 13.7 Å². The maximum absolute atomic E-state index is 10.7. The summed E-state index contributed by atoms with van der Waals surface area (Å²) in [5.41, 5.74) is 5.25. The molecule has 0 saturated heterocycles. The number of hydrogen-bond acceptors (Lipinski definition) is 3. The molecule has 13 heavy (non-hydrogen) atoms. The normalized spacial score (nSPS) is 9.62. The Balaban J connectivity index is 3.20. The van der Waals surface area contributed by atoms with Crippen LogP contribution in [0.2, 0.25) is 0 Å². The van der Waals surface area contributed by atoms with Gasteiger partial charge in [-0.1, -0.05) is 0 Å². The molecule has 1 aromatic rings. The average Bonchev–Trinajstić information content (AvgIpc) is 2.03. The monoisotopic (exact) mass is 292 g/mol. The number of halogens is 1. The molecular formula is C7H5IN2O3. The van der Waals surface area contributed by atoms with Crippen molar-refractivity contribution in [3.63, 3.8) is 0 Å². The van der Waals surface area contributed by atoms with Gasteiger partial charge in [-0.25, -0.2) is 0 Å². The summed E-state index contributed by atoms with van der Waals surface area (Å²) in [6, 6.07) is 3.99. The molecule has 0 atom stereocenters. The first kappa shape index (κ1) is 9.90. The Morgan fingerprint density at radius 1 is 1.54 bits per heavy atom. The number of carbonyl (C=O) groups excluding carboxylic acids is 1. The third kappa shape index (κ3) is 2.14. The van der Waals surface area contributed by atoms with E-state index in [9.17, 15) is 14.9 Å². The summed E-state index contributed by atoms with van der Waals surface area (Å²) in [6.07, 6.45) is 0. The Morgan fingerprint density at radius 2 is 2.15 bits per heavy atom. The van der Waals surface area contributed by atoms with Crippen molar-refractivity contribution in [3.05, 3.63) is 37.4 Å². The molecule has 6 heteroatoms. The van der Waals surface area contributed by atoms with Crippen molar-refractivity contribution in [2.24, 2.45) is 5.73 Å². The molecule has 0 bridgehead atoms. The lowest BCUT2D eigenvalue weighted by atomic mass is 10.2. The maximum Gasteiger partial charge on any atom is 0.282 e. The molecule has 0 saturated carbocycles. The molecule has 0 aliphatic rings. The van der Waals surface area contributed by atoms with E-state index in [-0.39, 0.29) is 11.3 Å². The van der Waals surface area contributed by atoms with Crippen LogP contribution in [0.3, 0.4) is 0 Å². The maximum atomic E-state index is 10.7. The first-order chi connectivity index (χ1) is 6.02. The van der Waals surface area contributed by atoms with E-state index < -0.39 is 10.8 Å². The van der Waals surface area contributed by atoms with E-state index in [0.717, 1.165) is 0 Å². The third-order valence-electron chi connectivity index (χ3n) is 1.43. The van der Waals surface area contributed by atoms with Crippen LogP contribution in [0.4, 0.5) is 5.69 Å². The third-order valence-corrected chi connectivity index (χ3v) is 2.29. The molecule has 0 aliphatic heterocycles. The molecule has 5 nitrogen and oxygen atoms in total. The van der Waals surface area contributed by atoms with Crippen molar-refractivity contribution in [1.29, 1.82) is 0 Å². The second kappa shape index (κ2) is 3.69. The summed E-state index contributed by atoms with van der Waals surface area (Å²) in [5.74, 6) is -0.590. The molecule has 0 aliphatic carbocycles. The van der Waals surface area contributed by atoms with Crippen LogP contribution in [0.1, 0.15) is 10.4 Å². The van der Waals surface area contributed by atoms with E-state index in [4.69, 9.17) is 5.73 Å². The number of carbonyl (C=O) groups is 1. The Hall–Kier alpha value is -1.18. The van der Waals surface area contributed by atoms with Gasteiger partial charge < -0.3 is 5.73 Å². The zero-order chi connectivity index (χ0) is 10.0. The van der Waals surface area contributed by atoms with Crippen molar-refractivity contribution < 1.29 is 9.72 Å². The molecule has 0 spiro atoms. The van der Waals surface area contributed by atoms with Gasteiger partial charge in [0.05, 0.1) is 8.49 Å². The van der Waals surface area contributed by atoms with E-state index in [1.54, 1.807) is 22.6 Å². The molecule has 0 heterocycles. The summed E-state index contributed by atoms with van der Waals surface area (Å²) in [5, 5.41) is 10.4. The van der Waals surface area contributed by atoms with E-state index in [1.165, 1.54) is 18.2 Å². The van der Waals surface area contributed by atoms with Crippen LogP contribution in [0.5, 0.6) is 0 Å². The van der Waals surface area contributed by atoms with Crippen LogP contribution in [-0.2, 0) is 0 Å². The van der Waals surface area contributed by atoms with Crippen molar-refractivity contribution >= 4 is 34.2 Å². The summed E-state index contributed by atoms with van der Waals surface area (Å²) < 4.78 is 0.402. The Bertz CT molecular complexity index is 378. The fourth-order valence-corrected chi connectivity index (χ4v) is 1.52. The van der Waals surface area contributed by atoms with Gasteiger partial charge in [0.2, 0.25) is 5.91 Å². The highest BCUT2D eigenvalue weighted by atomic mass is 127. The zero-order valence-corrected chi connectivity index (χ0v) is 8.52. The number of nitrogens with two attached hydrogens (primary N) is 1. The van der Waals surface area contributed by atoms with Gasteiger partial charge in [-0.15, -0.1) is 0 Å². The molecule has 1 aromatic carbocycles. The van der Waals surface area contributed by atoms with E-state index in [2.05, 4.69) is 0 Å². The van der Waals surface area contributed by atoms with Gasteiger partial charge in [0, 0.05) is 11.6 Å². The first-order valence-corrected chi connectivity index (χ1v) is 4.34. The summed E-state index contributed by atoms with van der Waals surface area (Å²) in [4.78, 5) is 20.6. The van der Waals surface area contributed by atoms with Crippen LogP contribution in [0.15, 0.2) is 18.2 Å². The van der Waals surface area contributed by atoms with Crippen molar-refractivity contribution in [3.8, 4) is 0 Å². The number of nitro benzene ring substituents is 1. The van der Waals surface area contributed by atoms with E-state index >= 15 is 0 Å². The first-order valence-electron chi connectivity index (χ1n) is 3.26. The smallest absolute Gasteiger partial charge is 0.282 e. The molecule has 68 valence electrons. The zero-order valence-electron chi connectivity index (χ0n) is 6.36. The summed E-state index contributed by atoms with van der Waals surface area (Å²) >= 11 is 1.79. The molecule has 0 fully saturated rings. The topological polar surface area (TPSA) is 86.2 Å². The highest BCUT2D eigenvalue weighted by molar-refractivity contribution is 14.1. The predicted octanol–water partition coefficient (Wildman–Crippen LogP) is 1.30. The number of nitrogens with zero attached hydrogens (tertiary/aromatic N) is 1. The second-order valence-electron chi connectivity index (χ2n) is 2.29.